The van der Waals surface area contributed by atoms with Crippen molar-refractivity contribution in [1.29, 1.82) is 0 Å². The van der Waals surface area contributed by atoms with Gasteiger partial charge in [-0.05, 0) is 37.0 Å². The van der Waals surface area contributed by atoms with E-state index < -0.39 is 5.41 Å². The average molecular weight is 343 g/mol. The molecule has 0 fully saturated rings. The van der Waals surface area contributed by atoms with Gasteiger partial charge in [0.1, 0.15) is 13.2 Å². The number of hydrogen-bond acceptors (Lipinski definition) is 4. The molecule has 1 heterocycles. The van der Waals surface area contributed by atoms with Crippen LogP contribution in [0.2, 0.25) is 0 Å². The summed E-state index contributed by atoms with van der Waals surface area (Å²) in [5, 5.41) is 3.01. The van der Waals surface area contributed by atoms with Crippen molar-refractivity contribution < 1.29 is 14.3 Å². The van der Waals surface area contributed by atoms with E-state index in [-0.39, 0.29) is 18.3 Å². The van der Waals surface area contributed by atoms with E-state index in [0.29, 0.717) is 26.3 Å². The number of nitrogens with one attached hydrogen (secondary N) is 1. The zero-order chi connectivity index (χ0) is 16.0. The maximum absolute atomic E-state index is 12.3. The number of ether oxygens (including phenoxy) is 2. The normalized spacial score (nSPS) is 13.2. The molecule has 5 nitrogen and oxygen atoms in total. The van der Waals surface area contributed by atoms with Crippen molar-refractivity contribution in [2.75, 3.05) is 26.3 Å². The van der Waals surface area contributed by atoms with Crippen LogP contribution in [0.1, 0.15) is 32.3 Å². The van der Waals surface area contributed by atoms with Gasteiger partial charge >= 0.3 is 0 Å². The van der Waals surface area contributed by atoms with Crippen molar-refractivity contribution in [1.82, 2.24) is 5.32 Å². The van der Waals surface area contributed by atoms with Gasteiger partial charge in [0.2, 0.25) is 5.91 Å². The van der Waals surface area contributed by atoms with Crippen molar-refractivity contribution in [3.63, 3.8) is 0 Å². The van der Waals surface area contributed by atoms with Crippen LogP contribution in [0.5, 0.6) is 11.5 Å². The van der Waals surface area contributed by atoms with Gasteiger partial charge in [-0.3, -0.25) is 4.79 Å². The second-order valence-corrected chi connectivity index (χ2v) is 5.68. The summed E-state index contributed by atoms with van der Waals surface area (Å²) in [5.74, 6) is 1.63. The monoisotopic (exact) mass is 342 g/mol. The molecule has 1 aromatic carbocycles. The number of fused-ring (bicyclic) bond motifs is 1. The summed E-state index contributed by atoms with van der Waals surface area (Å²) in [6.07, 6.45) is 2.28. The molecule has 1 aromatic rings. The fraction of sp³-hybridized carbons (Fsp3) is 0.588. The van der Waals surface area contributed by atoms with Crippen LogP contribution in [0.25, 0.3) is 0 Å². The van der Waals surface area contributed by atoms with Crippen molar-refractivity contribution in [3.8, 4) is 11.5 Å². The summed E-state index contributed by atoms with van der Waals surface area (Å²) >= 11 is 0. The first kappa shape index (κ1) is 19.6. The van der Waals surface area contributed by atoms with Crippen molar-refractivity contribution in [2.45, 2.75) is 33.1 Å². The molecule has 1 amide bonds. The Hall–Kier alpha value is -1.46. The van der Waals surface area contributed by atoms with Crippen LogP contribution in [-0.4, -0.2) is 32.2 Å². The number of amides is 1. The van der Waals surface area contributed by atoms with E-state index in [2.05, 4.69) is 5.32 Å². The number of halogens is 1. The van der Waals surface area contributed by atoms with Gasteiger partial charge < -0.3 is 20.5 Å². The van der Waals surface area contributed by atoms with E-state index in [1.165, 1.54) is 0 Å². The Bertz CT molecular complexity index is 510. The van der Waals surface area contributed by atoms with Crippen LogP contribution in [0.4, 0.5) is 0 Å². The van der Waals surface area contributed by atoms with Gasteiger partial charge in [0.15, 0.2) is 11.5 Å². The first-order chi connectivity index (χ1) is 10.6. The maximum Gasteiger partial charge on any atom is 0.227 e. The third-order valence-corrected chi connectivity index (χ3v) is 4.53. The third-order valence-electron chi connectivity index (χ3n) is 4.53. The second kappa shape index (κ2) is 8.99. The Morgan fingerprint density at radius 2 is 1.87 bits per heavy atom. The number of nitrogens with two attached hydrogens (primary N) is 1. The number of carbonyl (C=O) groups excluding carboxylic acids is 1. The van der Waals surface area contributed by atoms with Crippen LogP contribution in [0, 0.1) is 5.41 Å². The highest BCUT2D eigenvalue weighted by Gasteiger charge is 2.32. The lowest BCUT2D eigenvalue weighted by Gasteiger charge is -2.28. The van der Waals surface area contributed by atoms with Gasteiger partial charge in [-0.1, -0.05) is 19.9 Å². The van der Waals surface area contributed by atoms with Crippen LogP contribution in [0.15, 0.2) is 18.2 Å². The number of rotatable bonds is 7. The Kier molecular flexibility index (Phi) is 7.65. The van der Waals surface area contributed by atoms with Crippen LogP contribution < -0.4 is 20.5 Å². The predicted octanol–water partition coefficient (Wildman–Crippen LogP) is 2.30. The molecule has 0 saturated carbocycles. The zero-order valence-electron chi connectivity index (χ0n) is 13.9. The molecular formula is C17H27ClN2O3. The molecule has 23 heavy (non-hydrogen) atoms. The Morgan fingerprint density at radius 1 is 1.22 bits per heavy atom. The Morgan fingerprint density at radius 3 is 2.48 bits per heavy atom. The molecule has 3 N–H and O–H groups in total. The van der Waals surface area contributed by atoms with E-state index in [1.807, 2.05) is 32.0 Å². The predicted molar refractivity (Wildman–Crippen MR) is 93.5 cm³/mol. The van der Waals surface area contributed by atoms with E-state index in [0.717, 1.165) is 36.3 Å². The second-order valence-electron chi connectivity index (χ2n) is 5.68. The van der Waals surface area contributed by atoms with Crippen molar-refractivity contribution >= 4 is 18.3 Å². The standard InChI is InChI=1S/C17H26N2O3.ClH/c1-3-17(4-2,12-18)16(20)19-8-7-13-5-6-14-15(11-13)22-10-9-21-14;/h5-6,11H,3-4,7-10,12,18H2,1-2H3,(H,19,20);1H. The lowest BCUT2D eigenvalue weighted by Crippen LogP contribution is -2.45. The largest absolute Gasteiger partial charge is 0.486 e. The minimum absolute atomic E-state index is 0. The van der Waals surface area contributed by atoms with Gasteiger partial charge in [0, 0.05) is 13.1 Å². The number of carbonyl (C=O) groups is 1. The molecule has 0 radical (unpaired) electrons. The molecule has 0 spiro atoms. The fourth-order valence-electron chi connectivity index (χ4n) is 2.70. The lowest BCUT2D eigenvalue weighted by molar-refractivity contribution is -0.131. The summed E-state index contributed by atoms with van der Waals surface area (Å²) < 4.78 is 11.1. The average Bonchev–Trinajstić information content (AvgIpc) is 2.57. The van der Waals surface area contributed by atoms with Crippen molar-refractivity contribution in [3.05, 3.63) is 23.8 Å². The molecule has 0 atom stereocenters. The van der Waals surface area contributed by atoms with Gasteiger partial charge in [0.05, 0.1) is 5.41 Å². The van der Waals surface area contributed by atoms with Crippen LogP contribution in [0.3, 0.4) is 0 Å². The summed E-state index contributed by atoms with van der Waals surface area (Å²) in [7, 11) is 0. The minimum atomic E-state index is -0.438. The van der Waals surface area contributed by atoms with Gasteiger partial charge in [-0.2, -0.15) is 0 Å². The fourth-order valence-corrected chi connectivity index (χ4v) is 2.70. The lowest BCUT2D eigenvalue weighted by atomic mass is 9.81. The molecule has 0 bridgehead atoms. The summed E-state index contributed by atoms with van der Waals surface area (Å²) in [5.41, 5.74) is 6.48. The molecule has 0 aliphatic carbocycles. The highest BCUT2D eigenvalue weighted by molar-refractivity contribution is 5.85. The minimum Gasteiger partial charge on any atom is -0.486 e. The molecule has 2 rings (SSSR count). The first-order valence-corrected chi connectivity index (χ1v) is 8.02. The zero-order valence-corrected chi connectivity index (χ0v) is 14.7. The molecule has 1 aliphatic rings. The number of hydrogen-bond donors (Lipinski definition) is 2. The quantitative estimate of drug-likeness (QED) is 0.797. The molecular weight excluding hydrogens is 316 g/mol. The van der Waals surface area contributed by atoms with E-state index >= 15 is 0 Å². The molecule has 1 aliphatic heterocycles. The highest BCUT2D eigenvalue weighted by Crippen LogP contribution is 2.31. The van der Waals surface area contributed by atoms with E-state index in [4.69, 9.17) is 15.2 Å². The molecule has 0 aromatic heterocycles. The molecule has 0 saturated heterocycles. The smallest absolute Gasteiger partial charge is 0.227 e. The molecule has 130 valence electrons. The Balaban J connectivity index is 0.00000264. The van der Waals surface area contributed by atoms with Gasteiger partial charge in [-0.25, -0.2) is 0 Å². The topological polar surface area (TPSA) is 73.6 Å². The first-order valence-electron chi connectivity index (χ1n) is 8.02. The SMILES string of the molecule is CCC(CC)(CN)C(=O)NCCc1ccc2c(c1)OCCO2.Cl. The van der Waals surface area contributed by atoms with Crippen LogP contribution >= 0.6 is 12.4 Å². The van der Waals surface area contributed by atoms with Crippen LogP contribution in [-0.2, 0) is 11.2 Å². The van der Waals surface area contributed by atoms with Gasteiger partial charge in [0.25, 0.3) is 0 Å². The van der Waals surface area contributed by atoms with Gasteiger partial charge in [-0.15, -0.1) is 12.4 Å². The summed E-state index contributed by atoms with van der Waals surface area (Å²) in [6, 6.07) is 5.92. The van der Waals surface area contributed by atoms with E-state index in [1.54, 1.807) is 0 Å². The summed E-state index contributed by atoms with van der Waals surface area (Å²) in [6.45, 7) is 6.18. The summed E-state index contributed by atoms with van der Waals surface area (Å²) in [4.78, 5) is 12.3. The third kappa shape index (κ3) is 4.52. The Labute approximate surface area is 144 Å². The molecule has 0 unspecified atom stereocenters. The van der Waals surface area contributed by atoms with Crippen molar-refractivity contribution in [2.24, 2.45) is 11.1 Å². The maximum atomic E-state index is 12.3. The number of benzene rings is 1. The molecule has 6 heteroatoms. The van der Waals surface area contributed by atoms with E-state index in [9.17, 15) is 4.79 Å². The highest BCUT2D eigenvalue weighted by atomic mass is 35.5.